The highest BCUT2D eigenvalue weighted by Crippen LogP contribution is 2.46. The molecule has 1 aliphatic heterocycles. The Labute approximate surface area is 102 Å². The highest BCUT2D eigenvalue weighted by atomic mass is 15.2. The SMILES string of the molecule is Nc1nccc(N2CCC3(CCCC3)CC2)n1. The topological polar surface area (TPSA) is 55.0 Å². The molecule has 2 fully saturated rings. The van der Waals surface area contributed by atoms with Gasteiger partial charge in [0.05, 0.1) is 0 Å². The standard InChI is InChI=1S/C13H20N4/c14-12-15-8-3-11(16-12)17-9-6-13(7-10-17)4-1-2-5-13/h3,8H,1-2,4-7,9-10H2,(H2,14,15,16). The maximum absolute atomic E-state index is 5.63. The summed E-state index contributed by atoms with van der Waals surface area (Å²) in [5.41, 5.74) is 6.29. The lowest BCUT2D eigenvalue weighted by Crippen LogP contribution is -2.39. The Balaban J connectivity index is 1.68. The van der Waals surface area contributed by atoms with Crippen LogP contribution in [0.15, 0.2) is 12.3 Å². The van der Waals surface area contributed by atoms with Gasteiger partial charge in [0.25, 0.3) is 0 Å². The second kappa shape index (κ2) is 4.17. The summed E-state index contributed by atoms with van der Waals surface area (Å²) in [6.45, 7) is 2.24. The van der Waals surface area contributed by atoms with E-state index in [0.29, 0.717) is 11.4 Å². The molecule has 1 aromatic heterocycles. The van der Waals surface area contributed by atoms with Gasteiger partial charge < -0.3 is 10.6 Å². The molecule has 0 amide bonds. The average molecular weight is 232 g/mol. The largest absolute Gasteiger partial charge is 0.368 e. The van der Waals surface area contributed by atoms with Crippen LogP contribution >= 0.6 is 0 Å². The molecule has 1 saturated heterocycles. The summed E-state index contributed by atoms with van der Waals surface area (Å²) in [4.78, 5) is 10.6. The molecule has 0 unspecified atom stereocenters. The zero-order chi connectivity index (χ0) is 11.7. The lowest BCUT2D eigenvalue weighted by molar-refractivity contribution is 0.226. The molecule has 0 radical (unpaired) electrons. The van der Waals surface area contributed by atoms with Gasteiger partial charge in [0.1, 0.15) is 5.82 Å². The van der Waals surface area contributed by atoms with Crippen LogP contribution in [0.5, 0.6) is 0 Å². The average Bonchev–Trinajstić information content (AvgIpc) is 2.79. The summed E-state index contributed by atoms with van der Waals surface area (Å²) in [5.74, 6) is 1.37. The number of nitrogens with zero attached hydrogens (tertiary/aromatic N) is 3. The quantitative estimate of drug-likeness (QED) is 0.806. The van der Waals surface area contributed by atoms with E-state index in [-0.39, 0.29) is 0 Å². The number of hydrogen-bond donors (Lipinski definition) is 1. The van der Waals surface area contributed by atoms with Crippen molar-refractivity contribution >= 4 is 11.8 Å². The summed E-state index contributed by atoms with van der Waals surface area (Å²) in [7, 11) is 0. The van der Waals surface area contributed by atoms with Crippen LogP contribution in [-0.2, 0) is 0 Å². The Kier molecular flexibility index (Phi) is 2.65. The van der Waals surface area contributed by atoms with Gasteiger partial charge in [-0.25, -0.2) is 4.98 Å². The zero-order valence-electron chi connectivity index (χ0n) is 10.2. The van der Waals surface area contributed by atoms with Crippen LogP contribution in [0.4, 0.5) is 11.8 Å². The molecular formula is C13H20N4. The molecule has 92 valence electrons. The van der Waals surface area contributed by atoms with E-state index in [1.165, 1.54) is 38.5 Å². The van der Waals surface area contributed by atoms with E-state index >= 15 is 0 Å². The fraction of sp³-hybridized carbons (Fsp3) is 0.692. The highest BCUT2D eigenvalue weighted by molar-refractivity contribution is 5.41. The third-order valence-corrected chi connectivity index (χ3v) is 4.47. The first kappa shape index (κ1) is 10.8. The summed E-state index contributed by atoms with van der Waals surface area (Å²) < 4.78 is 0. The Morgan fingerprint density at radius 1 is 1.12 bits per heavy atom. The van der Waals surface area contributed by atoms with E-state index in [0.717, 1.165) is 18.9 Å². The lowest BCUT2D eigenvalue weighted by Gasteiger charge is -2.39. The Bertz CT molecular complexity index is 388. The van der Waals surface area contributed by atoms with Crippen molar-refractivity contribution in [2.75, 3.05) is 23.7 Å². The number of nitrogen functional groups attached to an aromatic ring is 1. The molecule has 17 heavy (non-hydrogen) atoms. The number of piperidine rings is 1. The minimum absolute atomic E-state index is 0.378. The first-order chi connectivity index (χ1) is 8.27. The molecule has 2 aliphatic rings. The van der Waals surface area contributed by atoms with Crippen LogP contribution in [0.1, 0.15) is 38.5 Å². The zero-order valence-corrected chi connectivity index (χ0v) is 10.2. The van der Waals surface area contributed by atoms with E-state index in [1.807, 2.05) is 6.07 Å². The summed E-state index contributed by atoms with van der Waals surface area (Å²) in [6, 6.07) is 1.96. The number of nitrogens with two attached hydrogens (primary N) is 1. The van der Waals surface area contributed by atoms with Gasteiger partial charge in [0, 0.05) is 19.3 Å². The molecule has 0 aromatic carbocycles. The predicted octanol–water partition coefficient (Wildman–Crippen LogP) is 2.22. The van der Waals surface area contributed by atoms with Crippen LogP contribution in [-0.4, -0.2) is 23.1 Å². The molecule has 2 heterocycles. The fourth-order valence-electron chi connectivity index (χ4n) is 3.38. The van der Waals surface area contributed by atoms with E-state index in [1.54, 1.807) is 6.20 Å². The van der Waals surface area contributed by atoms with E-state index in [2.05, 4.69) is 14.9 Å². The van der Waals surface area contributed by atoms with Crippen molar-refractivity contribution in [1.29, 1.82) is 0 Å². The molecule has 0 atom stereocenters. The summed E-state index contributed by atoms with van der Waals surface area (Å²) >= 11 is 0. The van der Waals surface area contributed by atoms with E-state index < -0.39 is 0 Å². The Hall–Kier alpha value is -1.32. The van der Waals surface area contributed by atoms with Crippen LogP contribution in [0, 0.1) is 5.41 Å². The maximum Gasteiger partial charge on any atom is 0.221 e. The predicted molar refractivity (Wildman–Crippen MR) is 68.8 cm³/mol. The van der Waals surface area contributed by atoms with Crippen molar-refractivity contribution < 1.29 is 0 Å². The van der Waals surface area contributed by atoms with E-state index in [4.69, 9.17) is 5.73 Å². The van der Waals surface area contributed by atoms with Crippen LogP contribution in [0.3, 0.4) is 0 Å². The highest BCUT2D eigenvalue weighted by Gasteiger charge is 2.37. The monoisotopic (exact) mass is 232 g/mol. The van der Waals surface area contributed by atoms with Crippen molar-refractivity contribution in [1.82, 2.24) is 9.97 Å². The molecule has 1 aliphatic carbocycles. The van der Waals surface area contributed by atoms with Gasteiger partial charge in [-0.05, 0) is 37.2 Å². The van der Waals surface area contributed by atoms with Gasteiger partial charge in [0.2, 0.25) is 5.95 Å². The van der Waals surface area contributed by atoms with Crippen molar-refractivity contribution in [3.8, 4) is 0 Å². The molecule has 1 spiro atoms. The van der Waals surface area contributed by atoms with Gasteiger partial charge in [0.15, 0.2) is 0 Å². The second-order valence-corrected chi connectivity index (χ2v) is 5.47. The normalized spacial score (nSPS) is 23.2. The van der Waals surface area contributed by atoms with E-state index in [9.17, 15) is 0 Å². The summed E-state index contributed by atoms with van der Waals surface area (Å²) in [6.07, 6.45) is 10.1. The molecule has 1 saturated carbocycles. The number of rotatable bonds is 1. The van der Waals surface area contributed by atoms with Crippen molar-refractivity contribution in [3.63, 3.8) is 0 Å². The van der Waals surface area contributed by atoms with Crippen LogP contribution in [0.2, 0.25) is 0 Å². The van der Waals surface area contributed by atoms with Gasteiger partial charge in [-0.2, -0.15) is 4.98 Å². The Morgan fingerprint density at radius 2 is 1.82 bits per heavy atom. The molecule has 2 N–H and O–H groups in total. The molecule has 4 nitrogen and oxygen atoms in total. The van der Waals surface area contributed by atoms with Gasteiger partial charge in [-0.15, -0.1) is 0 Å². The fourth-order valence-corrected chi connectivity index (χ4v) is 3.38. The number of anilines is 2. The smallest absolute Gasteiger partial charge is 0.221 e. The maximum atomic E-state index is 5.63. The van der Waals surface area contributed by atoms with Crippen LogP contribution < -0.4 is 10.6 Å². The lowest BCUT2D eigenvalue weighted by atomic mass is 9.77. The van der Waals surface area contributed by atoms with Crippen molar-refractivity contribution in [2.45, 2.75) is 38.5 Å². The molecule has 3 rings (SSSR count). The first-order valence-corrected chi connectivity index (χ1v) is 6.61. The molecule has 0 bridgehead atoms. The minimum Gasteiger partial charge on any atom is -0.368 e. The molecule has 1 aromatic rings. The second-order valence-electron chi connectivity index (χ2n) is 5.47. The number of aromatic nitrogens is 2. The van der Waals surface area contributed by atoms with Gasteiger partial charge >= 0.3 is 0 Å². The van der Waals surface area contributed by atoms with Crippen molar-refractivity contribution in [2.24, 2.45) is 5.41 Å². The van der Waals surface area contributed by atoms with Crippen LogP contribution in [0.25, 0.3) is 0 Å². The summed E-state index contributed by atoms with van der Waals surface area (Å²) in [5, 5.41) is 0. The van der Waals surface area contributed by atoms with Crippen molar-refractivity contribution in [3.05, 3.63) is 12.3 Å². The third-order valence-electron chi connectivity index (χ3n) is 4.47. The molecular weight excluding hydrogens is 212 g/mol. The first-order valence-electron chi connectivity index (χ1n) is 6.61. The minimum atomic E-state index is 0.378. The Morgan fingerprint density at radius 3 is 2.47 bits per heavy atom. The molecule has 4 heteroatoms. The van der Waals surface area contributed by atoms with Gasteiger partial charge in [-0.1, -0.05) is 12.8 Å². The number of hydrogen-bond acceptors (Lipinski definition) is 4. The van der Waals surface area contributed by atoms with Gasteiger partial charge in [-0.3, -0.25) is 0 Å². The third kappa shape index (κ3) is 2.08.